The number of piperidine rings is 1. The number of ketones is 1. The molecule has 0 spiro atoms. The highest BCUT2D eigenvalue weighted by atomic mass is 35.5. The third-order valence-corrected chi connectivity index (χ3v) is 3.03. The first kappa shape index (κ1) is 11.9. The molecule has 0 radical (unpaired) electrons. The van der Waals surface area contributed by atoms with Crippen LogP contribution >= 0.6 is 11.6 Å². The van der Waals surface area contributed by atoms with Crippen LogP contribution in [0.1, 0.15) is 23.2 Å². The van der Waals surface area contributed by atoms with Gasteiger partial charge in [0.05, 0.1) is 5.56 Å². The normalized spacial score (nSPS) is 16.1. The van der Waals surface area contributed by atoms with E-state index in [1.54, 1.807) is 11.0 Å². The van der Waals surface area contributed by atoms with Gasteiger partial charge in [0.25, 0.3) is 5.91 Å². The van der Waals surface area contributed by atoms with E-state index in [9.17, 15) is 14.7 Å². The predicted molar refractivity (Wildman–Crippen MR) is 63.3 cm³/mol. The third-order valence-electron chi connectivity index (χ3n) is 2.80. The minimum Gasteiger partial charge on any atom is -0.507 e. The van der Waals surface area contributed by atoms with Crippen molar-refractivity contribution in [1.82, 2.24) is 4.90 Å². The zero-order valence-corrected chi connectivity index (χ0v) is 9.91. The molecule has 1 N–H and O–H groups in total. The van der Waals surface area contributed by atoms with Crippen molar-refractivity contribution in [3.8, 4) is 5.75 Å². The lowest BCUT2D eigenvalue weighted by molar-refractivity contribution is -0.120. The summed E-state index contributed by atoms with van der Waals surface area (Å²) in [5, 5.41) is 10.0. The molecule has 1 heterocycles. The topological polar surface area (TPSA) is 57.6 Å². The second-order valence-corrected chi connectivity index (χ2v) is 4.43. The van der Waals surface area contributed by atoms with Gasteiger partial charge in [-0.3, -0.25) is 9.59 Å². The van der Waals surface area contributed by atoms with E-state index in [0.29, 0.717) is 31.0 Å². The van der Waals surface area contributed by atoms with E-state index < -0.39 is 0 Å². The lowest BCUT2D eigenvalue weighted by Gasteiger charge is -2.26. The first-order chi connectivity index (χ1) is 8.08. The molecule has 0 aliphatic carbocycles. The highest BCUT2D eigenvalue weighted by molar-refractivity contribution is 6.30. The monoisotopic (exact) mass is 253 g/mol. The predicted octanol–water partition coefficient (Wildman–Crippen LogP) is 1.85. The van der Waals surface area contributed by atoms with E-state index in [0.717, 1.165) is 0 Å². The standard InChI is InChI=1S/C12H12ClNO3/c13-8-1-2-10(11(16)7-8)12(17)14-5-3-9(15)4-6-14/h1-2,7,16H,3-6H2. The van der Waals surface area contributed by atoms with E-state index in [2.05, 4.69) is 0 Å². The molecule has 1 aliphatic heterocycles. The van der Waals surface area contributed by atoms with Gasteiger partial charge in [0, 0.05) is 31.0 Å². The summed E-state index contributed by atoms with van der Waals surface area (Å²) >= 11 is 5.70. The summed E-state index contributed by atoms with van der Waals surface area (Å²) < 4.78 is 0. The van der Waals surface area contributed by atoms with Crippen molar-refractivity contribution in [2.45, 2.75) is 12.8 Å². The second-order valence-electron chi connectivity index (χ2n) is 3.99. The number of halogens is 1. The van der Waals surface area contributed by atoms with Crippen molar-refractivity contribution in [2.24, 2.45) is 0 Å². The Bertz CT molecular complexity index is 463. The molecule has 4 nitrogen and oxygen atoms in total. The Balaban J connectivity index is 2.16. The van der Waals surface area contributed by atoms with E-state index in [4.69, 9.17) is 11.6 Å². The van der Waals surface area contributed by atoms with Crippen LogP contribution in [0.15, 0.2) is 18.2 Å². The van der Waals surface area contributed by atoms with Crippen molar-refractivity contribution in [1.29, 1.82) is 0 Å². The van der Waals surface area contributed by atoms with E-state index in [-0.39, 0.29) is 23.0 Å². The first-order valence-electron chi connectivity index (χ1n) is 5.37. The fourth-order valence-electron chi connectivity index (χ4n) is 1.82. The van der Waals surface area contributed by atoms with Crippen LogP contribution in [0.3, 0.4) is 0 Å². The molecule has 0 aromatic heterocycles. The molecule has 1 aromatic rings. The number of carbonyl (C=O) groups excluding carboxylic acids is 2. The number of likely N-dealkylation sites (tertiary alicyclic amines) is 1. The first-order valence-corrected chi connectivity index (χ1v) is 5.75. The summed E-state index contributed by atoms with van der Waals surface area (Å²) in [7, 11) is 0. The van der Waals surface area contributed by atoms with Gasteiger partial charge in [0.15, 0.2) is 0 Å². The number of Topliss-reactive ketones (excluding diaryl/α,β-unsaturated/α-hetero) is 1. The van der Waals surface area contributed by atoms with Crippen LogP contribution in [0, 0.1) is 0 Å². The number of hydrogen-bond acceptors (Lipinski definition) is 3. The number of phenols is 1. The molecule has 1 aromatic carbocycles. The third kappa shape index (κ3) is 2.58. The smallest absolute Gasteiger partial charge is 0.257 e. The van der Waals surface area contributed by atoms with Crippen LogP contribution in [-0.2, 0) is 4.79 Å². The highest BCUT2D eigenvalue weighted by Gasteiger charge is 2.23. The van der Waals surface area contributed by atoms with Gasteiger partial charge in [-0.05, 0) is 18.2 Å². The summed E-state index contributed by atoms with van der Waals surface area (Å²) in [5.41, 5.74) is 0.226. The van der Waals surface area contributed by atoms with Crippen LogP contribution in [0.5, 0.6) is 5.75 Å². The lowest BCUT2D eigenvalue weighted by Crippen LogP contribution is -2.38. The second kappa shape index (κ2) is 4.75. The maximum atomic E-state index is 12.1. The average molecular weight is 254 g/mol. The minimum absolute atomic E-state index is 0.126. The lowest BCUT2D eigenvalue weighted by atomic mass is 10.1. The Morgan fingerprint density at radius 1 is 1.29 bits per heavy atom. The van der Waals surface area contributed by atoms with Gasteiger partial charge in [-0.25, -0.2) is 0 Å². The van der Waals surface area contributed by atoms with Crippen LogP contribution in [0.4, 0.5) is 0 Å². The number of benzene rings is 1. The van der Waals surface area contributed by atoms with Gasteiger partial charge in [0.1, 0.15) is 11.5 Å². The Hall–Kier alpha value is -1.55. The van der Waals surface area contributed by atoms with Gasteiger partial charge >= 0.3 is 0 Å². The largest absolute Gasteiger partial charge is 0.507 e. The van der Waals surface area contributed by atoms with Gasteiger partial charge in [-0.2, -0.15) is 0 Å². The molecular formula is C12H12ClNO3. The molecule has 17 heavy (non-hydrogen) atoms. The maximum absolute atomic E-state index is 12.1. The summed E-state index contributed by atoms with van der Waals surface area (Å²) in [6.45, 7) is 0.833. The Morgan fingerprint density at radius 2 is 1.94 bits per heavy atom. The molecule has 2 rings (SSSR count). The van der Waals surface area contributed by atoms with Crippen LogP contribution in [-0.4, -0.2) is 34.8 Å². The number of phenolic OH excluding ortho intramolecular Hbond substituents is 1. The molecule has 0 saturated carbocycles. The number of carbonyl (C=O) groups is 2. The van der Waals surface area contributed by atoms with Crippen molar-refractivity contribution < 1.29 is 14.7 Å². The summed E-state index contributed by atoms with van der Waals surface area (Å²) in [6.07, 6.45) is 0.778. The molecule has 1 fully saturated rings. The van der Waals surface area contributed by atoms with E-state index in [1.165, 1.54) is 12.1 Å². The number of nitrogens with zero attached hydrogens (tertiary/aromatic N) is 1. The summed E-state index contributed by atoms with van der Waals surface area (Å²) in [4.78, 5) is 24.7. The number of amides is 1. The van der Waals surface area contributed by atoms with Crippen LogP contribution in [0.25, 0.3) is 0 Å². The quantitative estimate of drug-likeness (QED) is 0.831. The fourth-order valence-corrected chi connectivity index (χ4v) is 1.98. The zero-order chi connectivity index (χ0) is 12.4. The maximum Gasteiger partial charge on any atom is 0.257 e. The number of aromatic hydroxyl groups is 1. The van der Waals surface area contributed by atoms with Crippen LogP contribution in [0.2, 0.25) is 5.02 Å². The molecule has 0 atom stereocenters. The van der Waals surface area contributed by atoms with E-state index in [1.807, 2.05) is 0 Å². The molecule has 1 amide bonds. The van der Waals surface area contributed by atoms with Gasteiger partial charge in [-0.1, -0.05) is 11.6 Å². The molecule has 0 bridgehead atoms. The zero-order valence-electron chi connectivity index (χ0n) is 9.15. The molecule has 0 unspecified atom stereocenters. The van der Waals surface area contributed by atoms with Crippen molar-refractivity contribution in [3.05, 3.63) is 28.8 Å². The number of rotatable bonds is 1. The SMILES string of the molecule is O=C1CCN(C(=O)c2ccc(Cl)cc2O)CC1. The highest BCUT2D eigenvalue weighted by Crippen LogP contribution is 2.24. The summed E-state index contributed by atoms with van der Waals surface area (Å²) in [6, 6.07) is 4.39. The molecule has 90 valence electrons. The average Bonchev–Trinajstić information content (AvgIpc) is 2.29. The Kier molecular flexibility index (Phi) is 3.33. The minimum atomic E-state index is -0.258. The Morgan fingerprint density at radius 3 is 2.53 bits per heavy atom. The van der Waals surface area contributed by atoms with Crippen molar-refractivity contribution in [2.75, 3.05) is 13.1 Å². The van der Waals surface area contributed by atoms with Crippen LogP contribution < -0.4 is 0 Å². The van der Waals surface area contributed by atoms with Gasteiger partial charge in [0.2, 0.25) is 0 Å². The van der Waals surface area contributed by atoms with Crippen molar-refractivity contribution in [3.63, 3.8) is 0 Å². The molecule has 1 saturated heterocycles. The number of hydrogen-bond donors (Lipinski definition) is 1. The van der Waals surface area contributed by atoms with E-state index >= 15 is 0 Å². The Labute approximate surface area is 104 Å². The fraction of sp³-hybridized carbons (Fsp3) is 0.333. The van der Waals surface area contributed by atoms with Crippen molar-refractivity contribution >= 4 is 23.3 Å². The molecular weight excluding hydrogens is 242 g/mol. The summed E-state index contributed by atoms with van der Waals surface area (Å²) in [5.74, 6) is -0.208. The molecule has 1 aliphatic rings. The van der Waals surface area contributed by atoms with Gasteiger partial charge in [-0.15, -0.1) is 0 Å². The van der Waals surface area contributed by atoms with Gasteiger partial charge < -0.3 is 10.0 Å². The molecule has 5 heteroatoms.